The third-order valence-electron chi connectivity index (χ3n) is 6.57. The molecule has 4 aromatic carbocycles. The highest BCUT2D eigenvalue weighted by Crippen LogP contribution is 2.34. The Balaban J connectivity index is 1.24. The first-order valence-electron chi connectivity index (χ1n) is 12.2. The number of carbonyl (C=O) groups is 1. The summed E-state index contributed by atoms with van der Waals surface area (Å²) in [5.41, 5.74) is 4.18. The number of halogens is 5. The van der Waals surface area contributed by atoms with Gasteiger partial charge in [-0.1, -0.05) is 65.7 Å². The summed E-state index contributed by atoms with van der Waals surface area (Å²) in [4.78, 5) is 15.0. The molecule has 0 bridgehead atoms. The molecule has 1 aliphatic heterocycles. The molecule has 0 aliphatic carbocycles. The van der Waals surface area contributed by atoms with Gasteiger partial charge in [0.25, 0.3) is 0 Å². The number of anilines is 1. The standard InChI is InChI=1S/C30H23Cl2F3N2O2/c31-24-11-7-22(27(32)16-24)18-37-14-13-20-15-25(12-8-21(20)17-37)36-29(38)39-28-4-2-1-3-26(28)19-5-9-23(10-6-19)30(33,34)35/h1-12,15-16H,13-14,17-18H2,(H,36,38). The van der Waals surface area contributed by atoms with Gasteiger partial charge in [-0.25, -0.2) is 4.79 Å². The van der Waals surface area contributed by atoms with Crippen molar-refractivity contribution in [2.75, 3.05) is 11.9 Å². The van der Waals surface area contributed by atoms with Gasteiger partial charge in [0, 0.05) is 40.9 Å². The summed E-state index contributed by atoms with van der Waals surface area (Å²) >= 11 is 12.3. The van der Waals surface area contributed by atoms with Gasteiger partial charge in [-0.15, -0.1) is 0 Å². The highest BCUT2D eigenvalue weighted by molar-refractivity contribution is 6.35. The Hall–Kier alpha value is -3.52. The molecule has 0 aromatic heterocycles. The summed E-state index contributed by atoms with van der Waals surface area (Å²) in [6.45, 7) is 2.29. The molecular weight excluding hydrogens is 548 g/mol. The van der Waals surface area contributed by atoms with E-state index in [0.29, 0.717) is 33.4 Å². The number of ether oxygens (including phenoxy) is 1. The van der Waals surface area contributed by atoms with Crippen molar-refractivity contribution in [3.63, 3.8) is 0 Å². The second kappa shape index (κ2) is 11.3. The molecule has 9 heteroatoms. The first-order chi connectivity index (χ1) is 18.7. The average molecular weight is 571 g/mol. The van der Waals surface area contributed by atoms with Crippen molar-refractivity contribution in [1.29, 1.82) is 0 Å². The molecule has 0 radical (unpaired) electrons. The van der Waals surface area contributed by atoms with Crippen LogP contribution in [0, 0.1) is 0 Å². The molecule has 4 aromatic rings. The molecule has 5 rings (SSSR count). The molecule has 200 valence electrons. The van der Waals surface area contributed by atoms with Crippen LogP contribution in [-0.4, -0.2) is 17.5 Å². The van der Waals surface area contributed by atoms with Crippen LogP contribution in [0.5, 0.6) is 5.75 Å². The van der Waals surface area contributed by atoms with Crippen molar-refractivity contribution < 1.29 is 22.7 Å². The van der Waals surface area contributed by atoms with Gasteiger partial charge in [-0.3, -0.25) is 10.2 Å². The van der Waals surface area contributed by atoms with E-state index in [-0.39, 0.29) is 5.75 Å². The fraction of sp³-hybridized carbons (Fsp3) is 0.167. The number of benzene rings is 4. The lowest BCUT2D eigenvalue weighted by atomic mass is 9.98. The van der Waals surface area contributed by atoms with Crippen LogP contribution in [0.15, 0.2) is 84.9 Å². The number of hydrogen-bond donors (Lipinski definition) is 1. The van der Waals surface area contributed by atoms with Crippen molar-refractivity contribution in [2.24, 2.45) is 0 Å². The molecule has 1 aliphatic rings. The lowest BCUT2D eigenvalue weighted by Crippen LogP contribution is -2.30. The number of carbonyl (C=O) groups excluding carboxylic acids is 1. The number of para-hydroxylation sites is 1. The summed E-state index contributed by atoms with van der Waals surface area (Å²) in [6, 6.07) is 22.7. The Morgan fingerprint density at radius 2 is 1.69 bits per heavy atom. The zero-order valence-electron chi connectivity index (χ0n) is 20.6. The SMILES string of the molecule is O=C(Nc1ccc2c(c1)CCN(Cc1ccc(Cl)cc1Cl)C2)Oc1ccccc1-c1ccc(C(F)(F)F)cc1. The van der Waals surface area contributed by atoms with E-state index >= 15 is 0 Å². The average Bonchev–Trinajstić information content (AvgIpc) is 2.90. The number of rotatable bonds is 5. The van der Waals surface area contributed by atoms with Gasteiger partial charge in [0.05, 0.1) is 5.56 Å². The molecule has 0 saturated carbocycles. The molecule has 0 saturated heterocycles. The van der Waals surface area contributed by atoms with Crippen LogP contribution in [-0.2, 0) is 25.7 Å². The molecule has 0 spiro atoms. The van der Waals surface area contributed by atoms with Gasteiger partial charge >= 0.3 is 12.3 Å². The van der Waals surface area contributed by atoms with Crippen molar-refractivity contribution in [3.05, 3.63) is 117 Å². The highest BCUT2D eigenvalue weighted by atomic mass is 35.5. The number of alkyl halides is 3. The van der Waals surface area contributed by atoms with Crippen molar-refractivity contribution in [1.82, 2.24) is 4.90 Å². The fourth-order valence-corrected chi connectivity index (χ4v) is 5.06. The second-order valence-electron chi connectivity index (χ2n) is 9.27. The zero-order valence-corrected chi connectivity index (χ0v) is 22.1. The predicted octanol–water partition coefficient (Wildman–Crippen LogP) is 8.85. The maximum atomic E-state index is 12.9. The molecule has 0 atom stereocenters. The smallest absolute Gasteiger partial charge is 0.409 e. The maximum Gasteiger partial charge on any atom is 0.417 e. The topological polar surface area (TPSA) is 41.6 Å². The molecule has 1 amide bonds. The zero-order chi connectivity index (χ0) is 27.6. The highest BCUT2D eigenvalue weighted by Gasteiger charge is 2.30. The largest absolute Gasteiger partial charge is 0.417 e. The number of hydrogen-bond acceptors (Lipinski definition) is 3. The normalized spacial score (nSPS) is 13.6. The number of nitrogens with one attached hydrogen (secondary N) is 1. The van der Waals surface area contributed by atoms with Crippen LogP contribution in [0.4, 0.5) is 23.7 Å². The van der Waals surface area contributed by atoms with Crippen LogP contribution in [0.1, 0.15) is 22.3 Å². The Kier molecular flexibility index (Phi) is 7.84. The Morgan fingerprint density at radius 1 is 0.923 bits per heavy atom. The Bertz CT molecular complexity index is 1510. The van der Waals surface area contributed by atoms with E-state index in [4.69, 9.17) is 27.9 Å². The molecular formula is C30H23Cl2F3N2O2. The second-order valence-corrected chi connectivity index (χ2v) is 10.1. The molecule has 39 heavy (non-hydrogen) atoms. The summed E-state index contributed by atoms with van der Waals surface area (Å²) in [7, 11) is 0. The van der Waals surface area contributed by atoms with E-state index < -0.39 is 17.8 Å². The van der Waals surface area contributed by atoms with Gasteiger partial charge in [0.15, 0.2) is 0 Å². The van der Waals surface area contributed by atoms with Gasteiger partial charge in [0.1, 0.15) is 5.75 Å². The van der Waals surface area contributed by atoms with Crippen LogP contribution in [0.3, 0.4) is 0 Å². The van der Waals surface area contributed by atoms with Gasteiger partial charge in [-0.2, -0.15) is 13.2 Å². The summed E-state index contributed by atoms with van der Waals surface area (Å²) in [5.74, 6) is 0.240. The number of fused-ring (bicyclic) bond motifs is 1. The lowest BCUT2D eigenvalue weighted by molar-refractivity contribution is -0.137. The first-order valence-corrected chi connectivity index (χ1v) is 12.9. The Morgan fingerprint density at radius 3 is 2.44 bits per heavy atom. The predicted molar refractivity (Wildman–Crippen MR) is 147 cm³/mol. The van der Waals surface area contributed by atoms with E-state index in [2.05, 4.69) is 10.2 Å². The van der Waals surface area contributed by atoms with Crippen LogP contribution < -0.4 is 10.1 Å². The quantitative estimate of drug-likeness (QED) is 0.260. The monoisotopic (exact) mass is 570 g/mol. The van der Waals surface area contributed by atoms with E-state index in [1.54, 1.807) is 30.3 Å². The van der Waals surface area contributed by atoms with Crippen LogP contribution in [0.25, 0.3) is 11.1 Å². The molecule has 0 unspecified atom stereocenters. The molecule has 0 fully saturated rings. The van der Waals surface area contributed by atoms with Crippen LogP contribution in [0.2, 0.25) is 10.0 Å². The van der Waals surface area contributed by atoms with Crippen molar-refractivity contribution >= 4 is 35.0 Å². The third kappa shape index (κ3) is 6.56. The summed E-state index contributed by atoms with van der Waals surface area (Å²) in [5, 5.41) is 4.01. The summed E-state index contributed by atoms with van der Waals surface area (Å²) in [6.07, 6.45) is -4.31. The minimum atomic E-state index is -4.42. The first kappa shape index (κ1) is 27.1. The number of amides is 1. The van der Waals surface area contributed by atoms with Crippen LogP contribution >= 0.6 is 23.2 Å². The Labute approximate surface area is 233 Å². The minimum absolute atomic E-state index is 0.240. The molecule has 1 N–H and O–H groups in total. The van der Waals surface area contributed by atoms with Crippen molar-refractivity contribution in [3.8, 4) is 16.9 Å². The lowest BCUT2D eigenvalue weighted by Gasteiger charge is -2.29. The van der Waals surface area contributed by atoms with Gasteiger partial charge in [-0.05, 0) is 71.1 Å². The minimum Gasteiger partial charge on any atom is -0.409 e. The summed E-state index contributed by atoms with van der Waals surface area (Å²) < 4.78 is 44.3. The van der Waals surface area contributed by atoms with E-state index in [1.807, 2.05) is 30.3 Å². The van der Waals surface area contributed by atoms with E-state index in [9.17, 15) is 18.0 Å². The van der Waals surface area contributed by atoms with Gasteiger partial charge < -0.3 is 4.74 Å². The number of nitrogens with zero attached hydrogens (tertiary/aromatic N) is 1. The molecule has 1 heterocycles. The van der Waals surface area contributed by atoms with Crippen molar-refractivity contribution in [2.45, 2.75) is 25.7 Å². The maximum absolute atomic E-state index is 12.9. The fourth-order valence-electron chi connectivity index (χ4n) is 4.59. The van der Waals surface area contributed by atoms with Gasteiger partial charge in [0.2, 0.25) is 0 Å². The van der Waals surface area contributed by atoms with E-state index in [1.165, 1.54) is 12.1 Å². The molecule has 4 nitrogen and oxygen atoms in total. The van der Waals surface area contributed by atoms with E-state index in [0.717, 1.165) is 48.3 Å². The third-order valence-corrected chi connectivity index (χ3v) is 7.15.